The minimum absolute atomic E-state index is 0.0132. The van der Waals surface area contributed by atoms with Crippen molar-refractivity contribution in [1.82, 2.24) is 15.5 Å². The zero-order chi connectivity index (χ0) is 15.4. The highest BCUT2D eigenvalue weighted by atomic mass is 16.5. The van der Waals surface area contributed by atoms with E-state index in [4.69, 9.17) is 9.26 Å². The maximum Gasteiger partial charge on any atom is 0.226 e. The molecule has 0 amide bonds. The number of rotatable bonds is 6. The van der Waals surface area contributed by atoms with Crippen molar-refractivity contribution in [3.8, 4) is 5.75 Å². The Morgan fingerprint density at radius 1 is 1.23 bits per heavy atom. The number of aryl methyl sites for hydroxylation is 1. The van der Waals surface area contributed by atoms with Gasteiger partial charge in [-0.3, -0.25) is 0 Å². The molecule has 1 aliphatic carbocycles. The van der Waals surface area contributed by atoms with Crippen LogP contribution in [0.5, 0.6) is 5.75 Å². The minimum Gasteiger partial charge on any atom is -0.497 e. The number of ether oxygens (including phenoxy) is 1. The molecule has 1 N–H and O–H groups in total. The molecule has 0 unspecified atom stereocenters. The molecule has 5 nitrogen and oxygen atoms in total. The summed E-state index contributed by atoms with van der Waals surface area (Å²) in [5.74, 6) is 2.32. The maximum atomic E-state index is 5.26. The van der Waals surface area contributed by atoms with Gasteiger partial charge in [0, 0.05) is 12.0 Å². The molecule has 1 saturated carbocycles. The largest absolute Gasteiger partial charge is 0.497 e. The fourth-order valence-corrected chi connectivity index (χ4v) is 3.21. The van der Waals surface area contributed by atoms with Crippen molar-refractivity contribution in [3.05, 3.63) is 41.5 Å². The molecule has 5 heteroatoms. The SMILES string of the molecule is CCc1nc(CNC2(c3ccc(OC)cc3)CCCC2)no1. The summed E-state index contributed by atoms with van der Waals surface area (Å²) in [5, 5.41) is 7.71. The van der Waals surface area contributed by atoms with Crippen molar-refractivity contribution < 1.29 is 9.26 Å². The molecule has 2 aromatic rings. The molecule has 0 aliphatic heterocycles. The van der Waals surface area contributed by atoms with Gasteiger partial charge in [0.25, 0.3) is 0 Å². The minimum atomic E-state index is 0.0132. The topological polar surface area (TPSA) is 60.2 Å². The van der Waals surface area contributed by atoms with Gasteiger partial charge in [0.1, 0.15) is 5.75 Å². The Kier molecular flexibility index (Phi) is 4.43. The summed E-state index contributed by atoms with van der Waals surface area (Å²) >= 11 is 0. The van der Waals surface area contributed by atoms with Gasteiger partial charge in [-0.05, 0) is 30.5 Å². The zero-order valence-electron chi connectivity index (χ0n) is 13.3. The van der Waals surface area contributed by atoms with Crippen LogP contribution < -0.4 is 10.1 Å². The number of methoxy groups -OCH3 is 1. The third-order valence-corrected chi connectivity index (χ3v) is 4.50. The second kappa shape index (κ2) is 6.48. The lowest BCUT2D eigenvalue weighted by Gasteiger charge is -2.31. The van der Waals surface area contributed by atoms with Crippen LogP contribution >= 0.6 is 0 Å². The van der Waals surface area contributed by atoms with Crippen LogP contribution in [0, 0.1) is 0 Å². The maximum absolute atomic E-state index is 5.26. The summed E-state index contributed by atoms with van der Waals surface area (Å²) in [5.41, 5.74) is 1.32. The predicted octanol–water partition coefficient (Wildman–Crippen LogP) is 3.20. The highest BCUT2D eigenvalue weighted by molar-refractivity contribution is 5.32. The van der Waals surface area contributed by atoms with Gasteiger partial charge in [-0.1, -0.05) is 37.1 Å². The van der Waals surface area contributed by atoms with Crippen LogP contribution in [0.3, 0.4) is 0 Å². The van der Waals surface area contributed by atoms with E-state index < -0.39 is 0 Å². The van der Waals surface area contributed by atoms with E-state index >= 15 is 0 Å². The molecular formula is C17H23N3O2. The Morgan fingerprint density at radius 2 is 1.95 bits per heavy atom. The van der Waals surface area contributed by atoms with E-state index in [-0.39, 0.29) is 5.54 Å². The van der Waals surface area contributed by atoms with Crippen molar-refractivity contribution in [1.29, 1.82) is 0 Å². The Labute approximate surface area is 131 Å². The molecule has 1 aromatic carbocycles. The lowest BCUT2D eigenvalue weighted by molar-refractivity contribution is 0.326. The van der Waals surface area contributed by atoms with Gasteiger partial charge in [0.2, 0.25) is 5.89 Å². The Balaban J connectivity index is 1.75. The average Bonchev–Trinajstić information content (AvgIpc) is 3.23. The fourth-order valence-electron chi connectivity index (χ4n) is 3.21. The molecule has 1 aliphatic rings. The molecule has 3 rings (SSSR count). The summed E-state index contributed by atoms with van der Waals surface area (Å²) in [4.78, 5) is 4.38. The molecular weight excluding hydrogens is 278 g/mol. The molecule has 0 bridgehead atoms. The summed E-state index contributed by atoms with van der Waals surface area (Å²) in [6.45, 7) is 2.65. The first-order chi connectivity index (χ1) is 10.8. The lowest BCUT2D eigenvalue weighted by atomic mass is 9.88. The van der Waals surface area contributed by atoms with E-state index in [1.807, 2.05) is 19.1 Å². The van der Waals surface area contributed by atoms with Gasteiger partial charge in [-0.15, -0.1) is 0 Å². The second-order valence-electron chi connectivity index (χ2n) is 5.83. The number of aromatic nitrogens is 2. The third-order valence-electron chi connectivity index (χ3n) is 4.50. The van der Waals surface area contributed by atoms with Gasteiger partial charge in [0.05, 0.1) is 13.7 Å². The fraction of sp³-hybridized carbons (Fsp3) is 0.529. The number of benzene rings is 1. The molecule has 22 heavy (non-hydrogen) atoms. The summed E-state index contributed by atoms with van der Waals surface area (Å²) in [6.07, 6.45) is 5.53. The van der Waals surface area contributed by atoms with Crippen LogP contribution in [-0.2, 0) is 18.5 Å². The van der Waals surface area contributed by atoms with Gasteiger partial charge in [-0.25, -0.2) is 0 Å². The van der Waals surface area contributed by atoms with Gasteiger partial charge in [-0.2, -0.15) is 4.98 Å². The number of nitrogens with zero attached hydrogens (tertiary/aromatic N) is 2. The average molecular weight is 301 g/mol. The summed E-state index contributed by atoms with van der Waals surface area (Å²) in [6, 6.07) is 8.37. The van der Waals surface area contributed by atoms with E-state index in [2.05, 4.69) is 27.6 Å². The smallest absolute Gasteiger partial charge is 0.226 e. The number of hydrogen-bond acceptors (Lipinski definition) is 5. The quantitative estimate of drug-likeness (QED) is 0.888. The van der Waals surface area contributed by atoms with Crippen molar-refractivity contribution in [2.45, 2.75) is 51.1 Å². The summed E-state index contributed by atoms with van der Waals surface area (Å²) < 4.78 is 10.4. The predicted molar refractivity (Wildman–Crippen MR) is 83.7 cm³/mol. The van der Waals surface area contributed by atoms with Crippen LogP contribution in [0.4, 0.5) is 0 Å². The first-order valence-electron chi connectivity index (χ1n) is 7.97. The van der Waals surface area contributed by atoms with E-state index in [1.165, 1.54) is 18.4 Å². The van der Waals surface area contributed by atoms with Crippen molar-refractivity contribution in [2.24, 2.45) is 0 Å². The zero-order valence-corrected chi connectivity index (χ0v) is 13.3. The van der Waals surface area contributed by atoms with E-state index in [1.54, 1.807) is 7.11 Å². The molecule has 0 saturated heterocycles. The van der Waals surface area contributed by atoms with Crippen molar-refractivity contribution >= 4 is 0 Å². The van der Waals surface area contributed by atoms with E-state index in [9.17, 15) is 0 Å². The summed E-state index contributed by atoms with van der Waals surface area (Å²) in [7, 11) is 1.69. The van der Waals surface area contributed by atoms with Crippen LogP contribution in [-0.4, -0.2) is 17.3 Å². The number of nitrogens with one attached hydrogen (secondary N) is 1. The van der Waals surface area contributed by atoms with Gasteiger partial charge in [0.15, 0.2) is 5.82 Å². The highest BCUT2D eigenvalue weighted by Gasteiger charge is 2.35. The molecule has 0 spiro atoms. The highest BCUT2D eigenvalue weighted by Crippen LogP contribution is 2.39. The lowest BCUT2D eigenvalue weighted by Crippen LogP contribution is -2.39. The first-order valence-corrected chi connectivity index (χ1v) is 7.97. The molecule has 1 heterocycles. The Hall–Kier alpha value is -1.88. The Morgan fingerprint density at radius 3 is 2.55 bits per heavy atom. The number of hydrogen-bond donors (Lipinski definition) is 1. The normalized spacial score (nSPS) is 16.8. The first kappa shape index (κ1) is 15.0. The molecule has 0 atom stereocenters. The molecule has 118 valence electrons. The molecule has 1 fully saturated rings. The van der Waals surface area contributed by atoms with Gasteiger partial charge >= 0.3 is 0 Å². The standard InChI is InChI=1S/C17H23N3O2/c1-3-16-19-15(20-22-16)12-18-17(10-4-5-11-17)13-6-8-14(21-2)9-7-13/h6-9,18H,3-5,10-12H2,1-2H3. The van der Waals surface area contributed by atoms with E-state index in [0.717, 1.165) is 30.8 Å². The van der Waals surface area contributed by atoms with Gasteiger partial charge < -0.3 is 14.6 Å². The van der Waals surface area contributed by atoms with Crippen LogP contribution in [0.25, 0.3) is 0 Å². The van der Waals surface area contributed by atoms with Crippen LogP contribution in [0.15, 0.2) is 28.8 Å². The van der Waals surface area contributed by atoms with Crippen LogP contribution in [0.2, 0.25) is 0 Å². The van der Waals surface area contributed by atoms with Crippen LogP contribution in [0.1, 0.15) is 49.9 Å². The van der Waals surface area contributed by atoms with Crippen molar-refractivity contribution in [2.75, 3.05) is 7.11 Å². The third kappa shape index (κ3) is 2.99. The van der Waals surface area contributed by atoms with Crippen molar-refractivity contribution in [3.63, 3.8) is 0 Å². The molecule has 0 radical (unpaired) electrons. The monoisotopic (exact) mass is 301 g/mol. The van der Waals surface area contributed by atoms with E-state index in [0.29, 0.717) is 12.4 Å². The second-order valence-corrected chi connectivity index (χ2v) is 5.83. The Bertz CT molecular complexity index is 601. The molecule has 1 aromatic heterocycles.